The molecule has 96 valence electrons. The van der Waals surface area contributed by atoms with Crippen molar-refractivity contribution in [1.29, 1.82) is 0 Å². The molecule has 8 nitrogen and oxygen atoms in total. The predicted molar refractivity (Wildman–Crippen MR) is 57.2 cm³/mol. The summed E-state index contributed by atoms with van der Waals surface area (Å²) in [5.41, 5.74) is -3.81. The number of hydrogen-bond donors (Lipinski definition) is 4. The number of H-pyrrole nitrogens is 1. The zero-order valence-corrected chi connectivity index (χ0v) is 8.98. The highest BCUT2D eigenvalue weighted by Crippen LogP contribution is 2.34. The van der Waals surface area contributed by atoms with Gasteiger partial charge in [0.25, 0.3) is 5.56 Å². The van der Waals surface area contributed by atoms with Gasteiger partial charge in [-0.25, -0.2) is 4.79 Å². The molecule has 1 aromatic heterocycles. The highest BCUT2D eigenvalue weighted by Gasteiger charge is 2.55. The van der Waals surface area contributed by atoms with Crippen molar-refractivity contribution in [1.82, 2.24) is 9.55 Å². The Balaban J connectivity index is 2.46. The van der Waals surface area contributed by atoms with Gasteiger partial charge in [0.2, 0.25) is 11.9 Å². The van der Waals surface area contributed by atoms with Crippen LogP contribution in [0, 0.1) is 12.3 Å². The summed E-state index contributed by atoms with van der Waals surface area (Å²) in [5, 5.41) is 29.0. The summed E-state index contributed by atoms with van der Waals surface area (Å²) >= 11 is 0. The molecule has 0 radical (unpaired) electrons. The quantitative estimate of drug-likeness (QED) is 0.399. The molecule has 0 bridgehead atoms. The van der Waals surface area contributed by atoms with Crippen LogP contribution in [0.3, 0.4) is 0 Å². The van der Waals surface area contributed by atoms with Gasteiger partial charge in [-0.15, -0.1) is 6.42 Å². The maximum atomic E-state index is 11.5. The van der Waals surface area contributed by atoms with Gasteiger partial charge in [0.05, 0.1) is 0 Å². The Morgan fingerprint density at radius 3 is 2.67 bits per heavy atom. The minimum Gasteiger partial charge on any atom is -0.384 e. The number of nitrogens with one attached hydrogen (secondary N) is 1. The summed E-state index contributed by atoms with van der Waals surface area (Å²) in [5.74, 6) is 1.81. The smallest absolute Gasteiger partial charge is 0.330 e. The van der Waals surface area contributed by atoms with Crippen LogP contribution >= 0.6 is 0 Å². The molecule has 2 rings (SSSR count). The van der Waals surface area contributed by atoms with E-state index < -0.39 is 35.5 Å². The molecular formula is C10H10N2O6. The van der Waals surface area contributed by atoms with Crippen molar-refractivity contribution < 1.29 is 20.1 Å². The number of aromatic amines is 1. The fraction of sp³-hybridized carbons (Fsp3) is 0.400. The number of terminal acetylenes is 1. The van der Waals surface area contributed by atoms with Crippen LogP contribution in [0.25, 0.3) is 0 Å². The lowest BCUT2D eigenvalue weighted by Gasteiger charge is -2.22. The summed E-state index contributed by atoms with van der Waals surface area (Å²) in [6.07, 6.45) is 1.10. The number of aliphatic hydroxyl groups is 3. The van der Waals surface area contributed by atoms with Gasteiger partial charge < -0.3 is 20.1 Å². The van der Waals surface area contributed by atoms with Crippen molar-refractivity contribution in [2.75, 3.05) is 0 Å². The Kier molecular flexibility index (Phi) is 2.84. The molecule has 4 N–H and O–H groups in total. The highest BCUT2D eigenvalue weighted by molar-refractivity contribution is 5.17. The zero-order chi connectivity index (χ0) is 13.5. The third kappa shape index (κ3) is 1.66. The predicted octanol–water partition coefficient (Wildman–Crippen LogP) is -2.89. The minimum atomic E-state index is -2.32. The van der Waals surface area contributed by atoms with Crippen LogP contribution < -0.4 is 11.2 Å². The van der Waals surface area contributed by atoms with Crippen molar-refractivity contribution in [3.05, 3.63) is 33.1 Å². The van der Waals surface area contributed by atoms with Crippen molar-refractivity contribution in [3.63, 3.8) is 0 Å². The van der Waals surface area contributed by atoms with Gasteiger partial charge in [-0.05, 0) is 0 Å². The molecule has 1 aliphatic rings. The Hall–Kier alpha value is -1.92. The van der Waals surface area contributed by atoms with Gasteiger partial charge in [-0.3, -0.25) is 14.3 Å². The van der Waals surface area contributed by atoms with Crippen molar-refractivity contribution in [3.8, 4) is 12.3 Å². The molecule has 1 saturated heterocycles. The Morgan fingerprint density at radius 2 is 2.17 bits per heavy atom. The van der Waals surface area contributed by atoms with E-state index in [0.717, 1.165) is 16.8 Å². The molecule has 0 saturated carbocycles. The number of aliphatic hydroxyl groups excluding tert-OH is 2. The van der Waals surface area contributed by atoms with Crippen LogP contribution in [0.2, 0.25) is 0 Å². The van der Waals surface area contributed by atoms with E-state index in [1.54, 1.807) is 0 Å². The van der Waals surface area contributed by atoms with Gasteiger partial charge >= 0.3 is 5.69 Å². The monoisotopic (exact) mass is 254 g/mol. The lowest BCUT2D eigenvalue weighted by Crippen LogP contribution is -2.47. The largest absolute Gasteiger partial charge is 0.384 e. The van der Waals surface area contributed by atoms with E-state index in [9.17, 15) is 24.9 Å². The first-order valence-corrected chi connectivity index (χ1v) is 4.93. The molecular weight excluding hydrogens is 244 g/mol. The van der Waals surface area contributed by atoms with E-state index >= 15 is 0 Å². The lowest BCUT2D eigenvalue weighted by atomic mass is 9.99. The van der Waals surface area contributed by atoms with E-state index in [1.165, 1.54) is 0 Å². The Labute approximate surface area is 100 Å². The highest BCUT2D eigenvalue weighted by atomic mass is 16.7. The molecule has 2 heterocycles. The molecule has 4 atom stereocenters. The number of rotatable bonds is 1. The van der Waals surface area contributed by atoms with E-state index in [0.29, 0.717) is 0 Å². The maximum absolute atomic E-state index is 11.5. The summed E-state index contributed by atoms with van der Waals surface area (Å²) in [7, 11) is 0. The normalized spacial score (nSPS) is 35.3. The Bertz CT molecular complexity index is 614. The van der Waals surface area contributed by atoms with Crippen LogP contribution in [-0.4, -0.2) is 42.9 Å². The number of ether oxygens (including phenoxy) is 1. The van der Waals surface area contributed by atoms with Crippen LogP contribution in [0.15, 0.2) is 21.9 Å². The SMILES string of the molecule is C#C[C@]1(O)[C@@H](O)O[C@@H](n2ccc(=O)[nH]c2=O)[C@@H]1O. The zero-order valence-electron chi connectivity index (χ0n) is 8.98. The maximum Gasteiger partial charge on any atom is 0.330 e. The first-order chi connectivity index (χ1) is 8.40. The summed E-state index contributed by atoms with van der Waals surface area (Å²) in [6, 6.07) is 1.02. The summed E-state index contributed by atoms with van der Waals surface area (Å²) in [6.45, 7) is 0. The summed E-state index contributed by atoms with van der Waals surface area (Å²) < 4.78 is 5.65. The fourth-order valence-corrected chi connectivity index (χ4v) is 1.68. The second kappa shape index (κ2) is 4.08. The van der Waals surface area contributed by atoms with E-state index in [1.807, 2.05) is 10.9 Å². The van der Waals surface area contributed by atoms with Crippen LogP contribution in [0.4, 0.5) is 0 Å². The second-order valence-corrected chi connectivity index (χ2v) is 3.81. The van der Waals surface area contributed by atoms with Gasteiger partial charge in [-0.1, -0.05) is 5.92 Å². The van der Waals surface area contributed by atoms with Crippen molar-refractivity contribution in [2.24, 2.45) is 0 Å². The van der Waals surface area contributed by atoms with E-state index in [-0.39, 0.29) is 0 Å². The average molecular weight is 254 g/mol. The van der Waals surface area contributed by atoms with E-state index in [2.05, 4.69) is 0 Å². The van der Waals surface area contributed by atoms with Gasteiger partial charge in [0.15, 0.2) is 6.23 Å². The van der Waals surface area contributed by atoms with Crippen LogP contribution in [0.5, 0.6) is 0 Å². The molecule has 0 aromatic carbocycles. The molecule has 1 aliphatic heterocycles. The standard InChI is InChI=1S/C10H10N2O6/c1-2-10(17)6(14)7(18-8(10)15)12-4-3-5(13)11-9(12)16/h1,3-4,6-8,14-15,17H,(H,11,13,16)/t6-,7+,8-,10+/m0/s1. The number of nitrogens with zero attached hydrogens (tertiary/aromatic N) is 1. The second-order valence-electron chi connectivity index (χ2n) is 3.81. The third-order valence-electron chi connectivity index (χ3n) is 2.72. The lowest BCUT2D eigenvalue weighted by molar-refractivity contribution is -0.160. The molecule has 0 aliphatic carbocycles. The van der Waals surface area contributed by atoms with Crippen molar-refractivity contribution in [2.45, 2.75) is 24.2 Å². The average Bonchev–Trinajstić information content (AvgIpc) is 2.54. The molecule has 1 fully saturated rings. The molecule has 0 amide bonds. The molecule has 1 aromatic rings. The van der Waals surface area contributed by atoms with Crippen LogP contribution in [-0.2, 0) is 4.74 Å². The number of hydrogen-bond acceptors (Lipinski definition) is 6. The Morgan fingerprint density at radius 1 is 1.50 bits per heavy atom. The third-order valence-corrected chi connectivity index (χ3v) is 2.72. The van der Waals surface area contributed by atoms with Crippen LogP contribution in [0.1, 0.15) is 6.23 Å². The van der Waals surface area contributed by atoms with Crippen molar-refractivity contribution >= 4 is 0 Å². The number of aromatic nitrogens is 2. The first-order valence-electron chi connectivity index (χ1n) is 4.93. The molecule has 0 unspecified atom stereocenters. The van der Waals surface area contributed by atoms with Gasteiger partial charge in [-0.2, -0.15) is 0 Å². The first kappa shape index (κ1) is 12.5. The van der Waals surface area contributed by atoms with E-state index in [4.69, 9.17) is 11.2 Å². The molecule has 18 heavy (non-hydrogen) atoms. The van der Waals surface area contributed by atoms with Gasteiger partial charge in [0, 0.05) is 12.3 Å². The molecule has 0 spiro atoms. The molecule has 8 heteroatoms. The fourth-order valence-electron chi connectivity index (χ4n) is 1.68. The topological polar surface area (TPSA) is 125 Å². The van der Waals surface area contributed by atoms with Gasteiger partial charge in [0.1, 0.15) is 6.10 Å². The minimum absolute atomic E-state index is 0.628. The summed E-state index contributed by atoms with van der Waals surface area (Å²) in [4.78, 5) is 24.3.